The Bertz CT molecular complexity index is 599. The van der Waals surface area contributed by atoms with Gasteiger partial charge in [-0.15, -0.1) is 0 Å². The normalized spacial score (nSPS) is 24.0. The number of amides is 1. The van der Waals surface area contributed by atoms with Crippen LogP contribution in [0, 0.1) is 19.8 Å². The molecule has 1 amide bonds. The van der Waals surface area contributed by atoms with E-state index in [4.69, 9.17) is 4.74 Å². The summed E-state index contributed by atoms with van der Waals surface area (Å²) in [7, 11) is 0. The second kappa shape index (κ2) is 7.02. The van der Waals surface area contributed by atoms with Gasteiger partial charge in [-0.1, -0.05) is 18.9 Å². The summed E-state index contributed by atoms with van der Waals surface area (Å²) in [6.45, 7) is 5.72. The molecule has 5 nitrogen and oxygen atoms in total. The molecule has 5 heteroatoms. The molecule has 0 aromatic heterocycles. The first kappa shape index (κ1) is 17.3. The smallest absolute Gasteiger partial charge is 0.308 e. The highest BCUT2D eigenvalue weighted by Crippen LogP contribution is 2.33. The van der Waals surface area contributed by atoms with E-state index in [1.807, 2.05) is 39.0 Å². The molecule has 1 aliphatic carbocycles. The molecule has 23 heavy (non-hydrogen) atoms. The molecule has 1 fully saturated rings. The molecule has 2 unspecified atom stereocenters. The maximum Gasteiger partial charge on any atom is 0.308 e. The minimum Gasteiger partial charge on any atom is -0.484 e. The molecule has 2 N–H and O–H groups in total. The topological polar surface area (TPSA) is 75.6 Å². The number of nitrogens with one attached hydrogen (secondary N) is 1. The molecule has 1 saturated carbocycles. The average Bonchev–Trinajstić information content (AvgIpc) is 2.48. The van der Waals surface area contributed by atoms with Crippen LogP contribution >= 0.6 is 0 Å². The lowest BCUT2D eigenvalue weighted by Gasteiger charge is -2.39. The fourth-order valence-electron chi connectivity index (χ4n) is 3.19. The van der Waals surface area contributed by atoms with Crippen molar-refractivity contribution in [3.63, 3.8) is 0 Å². The third-order valence-electron chi connectivity index (χ3n) is 4.78. The minimum absolute atomic E-state index is 0.107. The molecule has 1 aromatic rings. The lowest BCUT2D eigenvalue weighted by atomic mass is 9.74. The third-order valence-corrected chi connectivity index (χ3v) is 4.78. The predicted molar refractivity (Wildman–Crippen MR) is 87.6 cm³/mol. The van der Waals surface area contributed by atoms with Crippen LogP contribution in [0.4, 0.5) is 0 Å². The minimum atomic E-state index is -0.845. The summed E-state index contributed by atoms with van der Waals surface area (Å²) < 4.78 is 5.53. The van der Waals surface area contributed by atoms with Gasteiger partial charge in [0.2, 0.25) is 0 Å². The maximum absolute atomic E-state index is 12.2. The number of hydrogen-bond acceptors (Lipinski definition) is 3. The third kappa shape index (κ3) is 4.24. The van der Waals surface area contributed by atoms with Gasteiger partial charge < -0.3 is 15.2 Å². The van der Waals surface area contributed by atoms with E-state index in [0.29, 0.717) is 18.6 Å². The van der Waals surface area contributed by atoms with E-state index < -0.39 is 17.4 Å². The van der Waals surface area contributed by atoms with Crippen molar-refractivity contribution in [1.29, 1.82) is 0 Å². The Kier molecular flexibility index (Phi) is 5.29. The number of carbonyl (C=O) groups is 2. The van der Waals surface area contributed by atoms with Gasteiger partial charge in [0.05, 0.1) is 11.5 Å². The van der Waals surface area contributed by atoms with Crippen molar-refractivity contribution in [3.05, 3.63) is 29.3 Å². The van der Waals surface area contributed by atoms with Gasteiger partial charge in [-0.3, -0.25) is 9.59 Å². The number of ether oxygens (including phenoxy) is 1. The number of benzene rings is 1. The van der Waals surface area contributed by atoms with Crippen LogP contribution in [-0.4, -0.2) is 29.1 Å². The Labute approximate surface area is 137 Å². The summed E-state index contributed by atoms with van der Waals surface area (Å²) >= 11 is 0. The van der Waals surface area contributed by atoms with Crippen LogP contribution in [0.1, 0.15) is 43.7 Å². The summed E-state index contributed by atoms with van der Waals surface area (Å²) in [6.07, 6.45) is 3.10. The molecule has 1 aliphatic rings. The predicted octanol–water partition coefficient (Wildman–Crippen LogP) is 2.83. The number of hydrogen-bond donors (Lipinski definition) is 2. The van der Waals surface area contributed by atoms with Gasteiger partial charge in [-0.25, -0.2) is 0 Å². The van der Waals surface area contributed by atoms with Crippen LogP contribution in [0.15, 0.2) is 18.2 Å². The second-order valence-corrected chi connectivity index (χ2v) is 6.64. The van der Waals surface area contributed by atoms with Gasteiger partial charge in [0, 0.05) is 0 Å². The summed E-state index contributed by atoms with van der Waals surface area (Å²) in [5, 5.41) is 12.2. The highest BCUT2D eigenvalue weighted by atomic mass is 16.5. The van der Waals surface area contributed by atoms with E-state index in [0.717, 1.165) is 18.4 Å². The highest BCUT2D eigenvalue weighted by molar-refractivity contribution is 5.80. The summed E-state index contributed by atoms with van der Waals surface area (Å²) in [6, 6.07) is 5.68. The highest BCUT2D eigenvalue weighted by Gasteiger charge is 2.42. The van der Waals surface area contributed by atoms with E-state index in [2.05, 4.69) is 5.32 Å². The molecule has 1 aromatic carbocycles. The average molecular weight is 319 g/mol. The lowest BCUT2D eigenvalue weighted by molar-refractivity contribution is -0.146. The summed E-state index contributed by atoms with van der Waals surface area (Å²) in [4.78, 5) is 23.6. The van der Waals surface area contributed by atoms with Crippen molar-refractivity contribution >= 4 is 11.9 Å². The van der Waals surface area contributed by atoms with Gasteiger partial charge in [0.1, 0.15) is 5.75 Å². The van der Waals surface area contributed by atoms with Gasteiger partial charge in [0.25, 0.3) is 5.91 Å². The van der Waals surface area contributed by atoms with Crippen LogP contribution in [0.25, 0.3) is 0 Å². The van der Waals surface area contributed by atoms with Gasteiger partial charge in [0.15, 0.2) is 6.61 Å². The van der Waals surface area contributed by atoms with Crippen LogP contribution in [-0.2, 0) is 9.59 Å². The first-order valence-corrected chi connectivity index (χ1v) is 8.06. The van der Waals surface area contributed by atoms with E-state index in [1.165, 1.54) is 5.56 Å². The van der Waals surface area contributed by atoms with E-state index >= 15 is 0 Å². The Morgan fingerprint density at radius 3 is 2.70 bits per heavy atom. The van der Waals surface area contributed by atoms with E-state index in [9.17, 15) is 14.7 Å². The number of aliphatic carboxylic acids is 1. The van der Waals surface area contributed by atoms with Crippen molar-refractivity contribution in [2.75, 3.05) is 6.61 Å². The summed E-state index contributed by atoms with van der Waals surface area (Å²) in [5.74, 6) is -1.02. The van der Waals surface area contributed by atoms with E-state index in [1.54, 1.807) is 0 Å². The standard InChI is InChI=1S/C18H25NO4/c1-12-7-8-14(10-13(12)2)23-11-16(20)19-18(3)9-5-4-6-15(18)17(21)22/h7-8,10,15H,4-6,9,11H2,1-3H3,(H,19,20)(H,21,22). The van der Waals surface area contributed by atoms with Crippen LogP contribution in [0.3, 0.4) is 0 Å². The molecule has 0 saturated heterocycles. The Balaban J connectivity index is 1.95. The molecule has 0 aliphatic heterocycles. The SMILES string of the molecule is Cc1ccc(OCC(=O)NC2(C)CCCCC2C(=O)O)cc1C. The van der Waals surface area contributed by atoms with Crippen LogP contribution < -0.4 is 10.1 Å². The fraction of sp³-hybridized carbons (Fsp3) is 0.556. The quantitative estimate of drug-likeness (QED) is 0.875. The number of carboxylic acid groups (broad SMARTS) is 1. The number of aryl methyl sites for hydroxylation is 2. The van der Waals surface area contributed by atoms with Gasteiger partial charge in [-0.2, -0.15) is 0 Å². The first-order valence-electron chi connectivity index (χ1n) is 8.06. The Hall–Kier alpha value is -2.04. The Morgan fingerprint density at radius 2 is 2.04 bits per heavy atom. The van der Waals surface area contributed by atoms with Gasteiger partial charge in [-0.05, 0) is 56.9 Å². The van der Waals surface area contributed by atoms with Gasteiger partial charge >= 0.3 is 5.97 Å². The largest absolute Gasteiger partial charge is 0.484 e. The molecule has 0 heterocycles. The molecular formula is C18H25NO4. The second-order valence-electron chi connectivity index (χ2n) is 6.64. The lowest BCUT2D eigenvalue weighted by Crippen LogP contribution is -2.56. The van der Waals surface area contributed by atoms with Crippen LogP contribution in [0.2, 0.25) is 0 Å². The zero-order valence-corrected chi connectivity index (χ0v) is 14.0. The molecule has 0 radical (unpaired) electrons. The fourth-order valence-corrected chi connectivity index (χ4v) is 3.19. The molecule has 2 atom stereocenters. The summed E-state index contributed by atoms with van der Waals surface area (Å²) in [5.41, 5.74) is 1.57. The maximum atomic E-state index is 12.2. The van der Waals surface area contributed by atoms with E-state index in [-0.39, 0.29) is 12.5 Å². The molecule has 126 valence electrons. The number of rotatable bonds is 5. The van der Waals surface area contributed by atoms with Crippen molar-refractivity contribution in [2.24, 2.45) is 5.92 Å². The molecule has 0 spiro atoms. The molecule has 2 rings (SSSR count). The number of carboxylic acids is 1. The zero-order chi connectivity index (χ0) is 17.0. The first-order chi connectivity index (χ1) is 10.8. The van der Waals surface area contributed by atoms with Crippen molar-refractivity contribution in [2.45, 2.75) is 52.0 Å². The van der Waals surface area contributed by atoms with Crippen molar-refractivity contribution in [3.8, 4) is 5.75 Å². The van der Waals surface area contributed by atoms with Crippen molar-refractivity contribution < 1.29 is 19.4 Å². The molecule has 0 bridgehead atoms. The Morgan fingerprint density at radius 1 is 1.30 bits per heavy atom. The van der Waals surface area contributed by atoms with Crippen LogP contribution in [0.5, 0.6) is 5.75 Å². The van der Waals surface area contributed by atoms with Crippen molar-refractivity contribution in [1.82, 2.24) is 5.32 Å². The molecular weight excluding hydrogens is 294 g/mol. The monoisotopic (exact) mass is 319 g/mol. The zero-order valence-electron chi connectivity index (χ0n) is 14.0. The number of carbonyl (C=O) groups excluding carboxylic acids is 1.